The Hall–Kier alpha value is -0.860. The zero-order chi connectivity index (χ0) is 7.28. The highest BCUT2D eigenvalue weighted by atomic mass is 16.5. The Labute approximate surface area is 54.0 Å². The molecule has 0 aromatic rings. The molecule has 0 saturated carbocycles. The molecule has 0 bridgehead atoms. The van der Waals surface area contributed by atoms with Crippen LogP contribution in [0.2, 0.25) is 0 Å². The number of carbonyl (C=O) groups is 2. The topological polar surface area (TPSA) is 43.4 Å². The Morgan fingerprint density at radius 2 is 1.89 bits per heavy atom. The van der Waals surface area contributed by atoms with Crippen molar-refractivity contribution in [1.82, 2.24) is 0 Å². The van der Waals surface area contributed by atoms with Crippen LogP contribution in [0.15, 0.2) is 0 Å². The van der Waals surface area contributed by atoms with Gasteiger partial charge < -0.3 is 9.53 Å². The molecule has 0 rings (SSSR count). The van der Waals surface area contributed by atoms with Crippen molar-refractivity contribution in [3.63, 3.8) is 0 Å². The Morgan fingerprint density at radius 3 is 2.22 bits per heavy atom. The second-order valence-electron chi connectivity index (χ2n) is 1.93. The van der Waals surface area contributed by atoms with Gasteiger partial charge in [-0.2, -0.15) is 0 Å². The minimum absolute atomic E-state index is 0.213. The molecule has 0 heterocycles. The lowest BCUT2D eigenvalue weighted by atomic mass is 10.1. The molecular weight excluding hydrogens is 120 g/mol. The van der Waals surface area contributed by atoms with Gasteiger partial charge in [0.2, 0.25) is 0 Å². The van der Waals surface area contributed by atoms with Gasteiger partial charge in [-0.05, 0) is 6.92 Å². The second kappa shape index (κ2) is 4.06. The number of rotatable bonds is 4. The number of aldehydes is 1. The Kier molecular flexibility index (Phi) is 3.67. The summed E-state index contributed by atoms with van der Waals surface area (Å²) in [6.07, 6.45) is 0.453. The van der Waals surface area contributed by atoms with E-state index in [9.17, 15) is 9.59 Å². The smallest absolute Gasteiger partial charge is 0.293 e. The molecule has 0 amide bonds. The quantitative estimate of drug-likeness (QED) is 0.517. The molecule has 0 radical (unpaired) electrons. The van der Waals surface area contributed by atoms with Crippen LogP contribution in [0.4, 0.5) is 0 Å². The average Bonchev–Trinajstić information content (AvgIpc) is 1.87. The van der Waals surface area contributed by atoms with E-state index in [1.54, 1.807) is 13.8 Å². The molecule has 9 heavy (non-hydrogen) atoms. The maximum Gasteiger partial charge on any atom is 0.293 e. The standard InChI is InChI=1S/C6H10O3/c1-5(3-7)6(2)9-4-8/h3-6H,1-2H3/t5-,6-/m0/s1. The summed E-state index contributed by atoms with van der Waals surface area (Å²) in [6.45, 7) is 3.72. The van der Waals surface area contributed by atoms with Gasteiger partial charge in [0.15, 0.2) is 0 Å². The summed E-state index contributed by atoms with van der Waals surface area (Å²) in [4.78, 5) is 19.7. The highest BCUT2D eigenvalue weighted by Gasteiger charge is 2.10. The van der Waals surface area contributed by atoms with Crippen LogP contribution in [-0.4, -0.2) is 18.9 Å². The molecule has 0 N–H and O–H groups in total. The fraction of sp³-hybridized carbons (Fsp3) is 0.667. The molecular formula is C6H10O3. The fourth-order valence-electron chi connectivity index (χ4n) is 0.322. The summed E-state index contributed by atoms with van der Waals surface area (Å²) in [5.74, 6) is -0.213. The van der Waals surface area contributed by atoms with Crippen molar-refractivity contribution in [3.8, 4) is 0 Å². The van der Waals surface area contributed by atoms with Crippen molar-refractivity contribution < 1.29 is 14.3 Å². The van der Waals surface area contributed by atoms with E-state index < -0.39 is 0 Å². The first-order valence-electron chi connectivity index (χ1n) is 2.76. The van der Waals surface area contributed by atoms with Crippen LogP contribution in [0.25, 0.3) is 0 Å². The number of hydrogen-bond donors (Lipinski definition) is 0. The van der Waals surface area contributed by atoms with E-state index in [4.69, 9.17) is 0 Å². The molecule has 52 valence electrons. The number of hydrogen-bond acceptors (Lipinski definition) is 3. The van der Waals surface area contributed by atoms with Gasteiger partial charge in [0.1, 0.15) is 12.4 Å². The molecule has 2 atom stereocenters. The first-order valence-corrected chi connectivity index (χ1v) is 2.76. The zero-order valence-corrected chi connectivity index (χ0v) is 5.53. The maximum absolute atomic E-state index is 10.0. The van der Waals surface area contributed by atoms with Gasteiger partial charge in [0.05, 0.1) is 0 Å². The van der Waals surface area contributed by atoms with Crippen molar-refractivity contribution in [2.24, 2.45) is 5.92 Å². The molecule has 0 aliphatic rings. The van der Waals surface area contributed by atoms with Crippen LogP contribution in [0, 0.1) is 5.92 Å². The van der Waals surface area contributed by atoms with Crippen LogP contribution < -0.4 is 0 Å². The van der Waals surface area contributed by atoms with Crippen molar-refractivity contribution >= 4 is 12.8 Å². The Bertz CT molecular complexity index is 100. The molecule has 3 nitrogen and oxygen atoms in total. The van der Waals surface area contributed by atoms with Crippen LogP contribution in [0.5, 0.6) is 0 Å². The molecule has 0 spiro atoms. The highest BCUT2D eigenvalue weighted by molar-refractivity contribution is 5.54. The molecule has 0 aliphatic carbocycles. The first kappa shape index (κ1) is 8.14. The summed E-state index contributed by atoms with van der Waals surface area (Å²) < 4.78 is 4.48. The van der Waals surface area contributed by atoms with E-state index in [0.29, 0.717) is 6.47 Å². The van der Waals surface area contributed by atoms with Gasteiger partial charge in [-0.25, -0.2) is 0 Å². The molecule has 0 unspecified atom stereocenters. The SMILES string of the molecule is C[C@H](OC=O)[C@@H](C)C=O. The van der Waals surface area contributed by atoms with E-state index >= 15 is 0 Å². The van der Waals surface area contributed by atoms with E-state index in [2.05, 4.69) is 4.74 Å². The lowest BCUT2D eigenvalue weighted by molar-refractivity contribution is -0.136. The normalized spacial score (nSPS) is 15.8. The van der Waals surface area contributed by atoms with E-state index in [1.807, 2.05) is 0 Å². The van der Waals surface area contributed by atoms with Crippen LogP contribution >= 0.6 is 0 Å². The monoisotopic (exact) mass is 130 g/mol. The van der Waals surface area contributed by atoms with Gasteiger partial charge >= 0.3 is 0 Å². The summed E-state index contributed by atoms with van der Waals surface area (Å²) >= 11 is 0. The van der Waals surface area contributed by atoms with E-state index in [1.165, 1.54) is 0 Å². The molecule has 3 heteroatoms. The van der Waals surface area contributed by atoms with Crippen molar-refractivity contribution in [1.29, 1.82) is 0 Å². The summed E-state index contributed by atoms with van der Waals surface area (Å²) in [6, 6.07) is 0. The predicted molar refractivity (Wildman–Crippen MR) is 31.8 cm³/mol. The molecule has 0 aromatic carbocycles. The molecule has 0 fully saturated rings. The number of carbonyl (C=O) groups excluding carboxylic acids is 2. The highest BCUT2D eigenvalue weighted by Crippen LogP contribution is 2.00. The number of ether oxygens (including phenoxy) is 1. The zero-order valence-electron chi connectivity index (χ0n) is 5.53. The Balaban J connectivity index is 3.56. The fourth-order valence-corrected chi connectivity index (χ4v) is 0.322. The van der Waals surface area contributed by atoms with E-state index in [0.717, 1.165) is 6.29 Å². The summed E-state index contributed by atoms with van der Waals surface area (Å²) in [5.41, 5.74) is 0. The third-order valence-electron chi connectivity index (χ3n) is 1.23. The largest absolute Gasteiger partial charge is 0.464 e. The van der Waals surface area contributed by atoms with Crippen LogP contribution in [0.1, 0.15) is 13.8 Å². The van der Waals surface area contributed by atoms with Gasteiger partial charge in [-0.1, -0.05) is 6.92 Å². The third-order valence-corrected chi connectivity index (χ3v) is 1.23. The predicted octanol–water partition coefficient (Wildman–Crippen LogP) is 0.383. The van der Waals surface area contributed by atoms with Gasteiger partial charge in [0, 0.05) is 5.92 Å². The van der Waals surface area contributed by atoms with Gasteiger partial charge in [0.25, 0.3) is 6.47 Å². The average molecular weight is 130 g/mol. The van der Waals surface area contributed by atoms with Crippen LogP contribution in [-0.2, 0) is 14.3 Å². The lowest BCUT2D eigenvalue weighted by Crippen LogP contribution is -2.18. The third kappa shape index (κ3) is 2.85. The van der Waals surface area contributed by atoms with Gasteiger partial charge in [-0.15, -0.1) is 0 Å². The molecule has 0 aliphatic heterocycles. The van der Waals surface area contributed by atoms with E-state index in [-0.39, 0.29) is 12.0 Å². The minimum atomic E-state index is -0.306. The Morgan fingerprint density at radius 1 is 1.33 bits per heavy atom. The van der Waals surface area contributed by atoms with Crippen molar-refractivity contribution in [3.05, 3.63) is 0 Å². The van der Waals surface area contributed by atoms with Crippen molar-refractivity contribution in [2.45, 2.75) is 20.0 Å². The minimum Gasteiger partial charge on any atom is -0.464 e. The lowest BCUT2D eigenvalue weighted by Gasteiger charge is -2.10. The maximum atomic E-state index is 10.0. The first-order chi connectivity index (χ1) is 4.22. The molecule has 0 aromatic heterocycles. The molecule has 0 saturated heterocycles. The summed E-state index contributed by atoms with van der Waals surface area (Å²) in [5, 5.41) is 0. The van der Waals surface area contributed by atoms with Crippen molar-refractivity contribution in [2.75, 3.05) is 0 Å². The van der Waals surface area contributed by atoms with Crippen LogP contribution in [0.3, 0.4) is 0 Å². The van der Waals surface area contributed by atoms with Gasteiger partial charge in [-0.3, -0.25) is 4.79 Å². The summed E-state index contributed by atoms with van der Waals surface area (Å²) in [7, 11) is 0. The second-order valence-corrected chi connectivity index (χ2v) is 1.93.